The zero-order chi connectivity index (χ0) is 5.91. The van der Waals surface area contributed by atoms with Crippen LogP contribution >= 0.6 is 0 Å². The molecule has 44 valence electrons. The summed E-state index contributed by atoms with van der Waals surface area (Å²) in [5.74, 6) is 0. The van der Waals surface area contributed by atoms with Gasteiger partial charge in [0.2, 0.25) is 0 Å². The van der Waals surface area contributed by atoms with Crippen LogP contribution in [0.2, 0.25) is 9.44 Å². The van der Waals surface area contributed by atoms with Crippen molar-refractivity contribution in [2.75, 3.05) is 0 Å². The molecule has 0 rings (SSSR count). The molecule has 7 heavy (non-hydrogen) atoms. The van der Waals surface area contributed by atoms with Crippen LogP contribution in [0.15, 0.2) is 0 Å². The van der Waals surface area contributed by atoms with Gasteiger partial charge in [-0.05, 0) is 0 Å². The second kappa shape index (κ2) is 2.78. The van der Waals surface area contributed by atoms with E-state index in [1.807, 2.05) is 0 Å². The normalized spacial score (nSPS) is 12.0. The zero-order valence-corrected chi connectivity index (χ0v) is 6.08. The Morgan fingerprint density at radius 3 is 1.86 bits per heavy atom. The second-order valence-electron chi connectivity index (χ2n) is 1.05. The van der Waals surface area contributed by atoms with Crippen LogP contribution in [0, 0.1) is 0 Å². The van der Waals surface area contributed by atoms with Crippen molar-refractivity contribution in [3.05, 3.63) is 0 Å². The van der Waals surface area contributed by atoms with Gasteiger partial charge in [-0.15, -0.1) is 0 Å². The molecule has 0 aliphatic rings. The van der Waals surface area contributed by atoms with Gasteiger partial charge >= 0.3 is 49.7 Å². The maximum atomic E-state index is 11.1. The Hall–Kier alpha value is 0.580. The second-order valence-corrected chi connectivity index (χ2v) is 3.52. The van der Waals surface area contributed by atoms with E-state index in [0.717, 1.165) is 0 Å². The molecule has 0 saturated carbocycles. The van der Waals surface area contributed by atoms with Crippen LogP contribution in [0.4, 0.5) is 13.2 Å². The number of halogens is 3. The van der Waals surface area contributed by atoms with E-state index >= 15 is 0 Å². The maximum absolute atomic E-state index is 11.1. The van der Waals surface area contributed by atoms with Gasteiger partial charge in [-0.1, -0.05) is 0 Å². The van der Waals surface area contributed by atoms with E-state index in [1.165, 1.54) is 0 Å². The van der Waals surface area contributed by atoms with Gasteiger partial charge in [0.25, 0.3) is 0 Å². The monoisotopic (exact) mass is 228 g/mol. The van der Waals surface area contributed by atoms with Crippen LogP contribution in [-0.2, 0) is 0 Å². The van der Waals surface area contributed by atoms with Gasteiger partial charge in [-0.3, -0.25) is 0 Å². The quantitative estimate of drug-likeness (QED) is 0.597. The minimum absolute atomic E-state index is 0.530. The summed E-state index contributed by atoms with van der Waals surface area (Å²) in [7, 11) is 0. The molecule has 0 heterocycles. The number of hydrogen-bond acceptors (Lipinski definition) is 0. The molecule has 4 heteroatoms. The van der Waals surface area contributed by atoms with Gasteiger partial charge in [-0.2, -0.15) is 0 Å². The molecular weight excluding hydrogens is 221 g/mol. The molecule has 0 spiro atoms. The van der Waals surface area contributed by atoms with Gasteiger partial charge in [0.05, 0.1) is 0 Å². The minimum atomic E-state index is -3.89. The van der Waals surface area contributed by atoms with Crippen molar-refractivity contribution in [2.24, 2.45) is 0 Å². The van der Waals surface area contributed by atoms with Crippen molar-refractivity contribution in [3.8, 4) is 0 Å². The Kier molecular flexibility index (Phi) is 3.01. The molecule has 0 aliphatic carbocycles. The Morgan fingerprint density at radius 1 is 1.43 bits per heavy atom. The van der Waals surface area contributed by atoms with Crippen molar-refractivity contribution in [1.29, 1.82) is 0 Å². The molecular formula is C3H5F3Te. The van der Waals surface area contributed by atoms with Crippen LogP contribution in [0.1, 0.15) is 0 Å². The first kappa shape index (κ1) is 7.58. The third kappa shape index (κ3) is 6.58. The first-order valence-corrected chi connectivity index (χ1v) is 5.60. The summed E-state index contributed by atoms with van der Waals surface area (Å²) in [6.45, 7) is 0. The van der Waals surface area contributed by atoms with Crippen molar-refractivity contribution < 1.29 is 13.2 Å². The standard InChI is InChI=1S/C3H5F3Te/c1-7-2-3(4,5)6/h2H2,1H3. The van der Waals surface area contributed by atoms with E-state index in [1.54, 1.807) is 4.97 Å². The zero-order valence-electron chi connectivity index (χ0n) is 3.75. The third-order valence-electron chi connectivity index (χ3n) is 0.308. The van der Waals surface area contributed by atoms with E-state index in [9.17, 15) is 13.2 Å². The summed E-state index contributed by atoms with van der Waals surface area (Å²) >= 11 is -0.751. The summed E-state index contributed by atoms with van der Waals surface area (Å²) in [6.07, 6.45) is -3.89. The molecule has 0 amide bonds. The summed E-state index contributed by atoms with van der Waals surface area (Å²) < 4.78 is 32.7. The summed E-state index contributed by atoms with van der Waals surface area (Å²) in [5, 5.41) is 0. The average molecular weight is 226 g/mol. The Labute approximate surface area is 50.2 Å². The molecule has 0 aromatic carbocycles. The van der Waals surface area contributed by atoms with Crippen molar-refractivity contribution in [3.63, 3.8) is 0 Å². The number of alkyl halides is 3. The van der Waals surface area contributed by atoms with E-state index in [4.69, 9.17) is 0 Å². The molecule has 0 atom stereocenters. The Morgan fingerprint density at radius 2 is 1.86 bits per heavy atom. The van der Waals surface area contributed by atoms with Crippen molar-refractivity contribution >= 4 is 20.9 Å². The Balaban J connectivity index is 3.15. The van der Waals surface area contributed by atoms with E-state index in [-0.39, 0.29) is 0 Å². The van der Waals surface area contributed by atoms with E-state index in [0.29, 0.717) is 0 Å². The molecule has 0 unspecified atom stereocenters. The topological polar surface area (TPSA) is 0 Å². The number of hydrogen-bond donors (Lipinski definition) is 0. The van der Waals surface area contributed by atoms with Crippen molar-refractivity contribution in [2.45, 2.75) is 15.6 Å². The van der Waals surface area contributed by atoms with Gasteiger partial charge in [0.1, 0.15) is 0 Å². The fraction of sp³-hybridized carbons (Fsp3) is 1.00. The molecule has 0 saturated heterocycles. The van der Waals surface area contributed by atoms with Crippen LogP contribution < -0.4 is 0 Å². The van der Waals surface area contributed by atoms with Gasteiger partial charge in [-0.25, -0.2) is 0 Å². The van der Waals surface area contributed by atoms with Crippen LogP contribution in [0.25, 0.3) is 0 Å². The molecule has 0 aliphatic heterocycles. The third-order valence-corrected chi connectivity index (χ3v) is 2.07. The van der Waals surface area contributed by atoms with Crippen LogP contribution in [-0.4, -0.2) is 27.1 Å². The first-order valence-electron chi connectivity index (χ1n) is 1.62. The van der Waals surface area contributed by atoms with E-state index < -0.39 is 31.6 Å². The first-order chi connectivity index (χ1) is 3.06. The molecule has 0 bridgehead atoms. The number of rotatable bonds is 1. The SMILES string of the molecule is C[Te]CC(F)(F)F. The molecule has 0 aromatic rings. The fourth-order valence-corrected chi connectivity index (χ4v) is 1.10. The summed E-state index contributed by atoms with van der Waals surface area (Å²) in [5.41, 5.74) is 0. The summed E-state index contributed by atoms with van der Waals surface area (Å²) in [6, 6.07) is 0. The molecule has 0 N–H and O–H groups in total. The molecule has 0 aromatic heterocycles. The molecule has 0 fully saturated rings. The van der Waals surface area contributed by atoms with Crippen LogP contribution in [0.3, 0.4) is 0 Å². The summed E-state index contributed by atoms with van der Waals surface area (Å²) in [4.78, 5) is 1.64. The van der Waals surface area contributed by atoms with Gasteiger partial charge < -0.3 is 0 Å². The predicted molar refractivity (Wildman–Crippen MR) is 22.5 cm³/mol. The molecule has 0 nitrogen and oxygen atoms in total. The average Bonchev–Trinajstić information content (AvgIpc) is 1.30. The fourth-order valence-electron chi connectivity index (χ4n) is 0.164. The van der Waals surface area contributed by atoms with Gasteiger partial charge in [0, 0.05) is 0 Å². The predicted octanol–water partition coefficient (Wildman–Crippen LogP) is 1.72. The molecule has 0 radical (unpaired) electrons. The van der Waals surface area contributed by atoms with Crippen molar-refractivity contribution in [1.82, 2.24) is 0 Å². The Bertz CT molecular complexity index is 48.6. The van der Waals surface area contributed by atoms with Crippen LogP contribution in [0.5, 0.6) is 0 Å². The van der Waals surface area contributed by atoms with Gasteiger partial charge in [0.15, 0.2) is 0 Å². The van der Waals surface area contributed by atoms with E-state index in [2.05, 4.69) is 0 Å².